The summed E-state index contributed by atoms with van der Waals surface area (Å²) in [5.41, 5.74) is 3.25. The van der Waals surface area contributed by atoms with E-state index in [0.717, 1.165) is 96.1 Å². The number of benzene rings is 3. The minimum atomic E-state index is -0.610. The van der Waals surface area contributed by atoms with Crippen LogP contribution in [0.25, 0.3) is 10.8 Å². The zero-order valence-corrected chi connectivity index (χ0v) is 46.7. The Bertz CT molecular complexity index is 3070. The molecule has 5 aliphatic rings. The molecule has 5 aromatic rings. The molecule has 1 aliphatic carbocycles. The molecule has 0 radical (unpaired) electrons. The van der Waals surface area contributed by atoms with E-state index in [4.69, 9.17) is 4.74 Å². The van der Waals surface area contributed by atoms with Crippen molar-refractivity contribution < 1.29 is 33.1 Å². The Labute approximate surface area is 473 Å². The quantitative estimate of drug-likeness (QED) is 0.107. The minimum absolute atomic E-state index is 0.00666. The SMILES string of the molecule is CCOc1cncnc1CNCC(=O)N1CCC[C@H](c2cccc(C(=O)N[C@@H](C(=O)N3CCN(CC4CCN(CC(=O)N5CCN(C(=O)c6cc(Cc7n[nH]c(=O)c8ccccc78)ccc6F)CC5)CC4)CC3)C3CCCCC3)c2)C1. The van der Waals surface area contributed by atoms with Crippen LogP contribution in [0.2, 0.25) is 0 Å². The fraction of sp³-hybridized carbons (Fsp3) is 0.525. The van der Waals surface area contributed by atoms with Crippen LogP contribution in [0.1, 0.15) is 114 Å². The summed E-state index contributed by atoms with van der Waals surface area (Å²) in [5, 5.41) is 14.5. The fourth-order valence-corrected chi connectivity index (χ4v) is 12.6. The van der Waals surface area contributed by atoms with E-state index in [9.17, 15) is 28.8 Å². The molecule has 5 amide bonds. The van der Waals surface area contributed by atoms with E-state index >= 15 is 4.39 Å². The highest BCUT2D eigenvalue weighted by Crippen LogP contribution is 2.31. The standard InChI is InChI=1S/C61H77FN12O7/c1-2-81-54-36-64-41-65-53(54)35-63-37-55(75)74-21-9-14-47(39-74)45-12-8-13-46(34-45)58(77)66-57(44-10-4-3-5-11-44)61(80)73-26-24-70(25-27-73)38-42-19-22-69(23-20-42)40-56(76)71-28-30-72(31-29-71)60(79)50-32-43(17-18-51(50)62)33-52-48-15-6-7-16-49(48)59(78)68-67-52/h6-8,12-13,15-18,32,34,36,41-42,44,47,57,63H,2-5,9-11,14,19-31,33,35,37-40H2,1H3,(H,66,77)(H,68,78)/t47-,57+/m0/s1. The van der Waals surface area contributed by atoms with Gasteiger partial charge < -0.3 is 35.0 Å². The van der Waals surface area contributed by atoms with Crippen LogP contribution in [0.15, 0.2) is 84.0 Å². The number of fused-ring (bicyclic) bond motifs is 1. The molecule has 19 nitrogen and oxygen atoms in total. The first kappa shape index (κ1) is 57.1. The molecule has 4 saturated heterocycles. The van der Waals surface area contributed by atoms with Crippen LogP contribution in [0.4, 0.5) is 4.39 Å². The van der Waals surface area contributed by atoms with Gasteiger partial charge in [-0.2, -0.15) is 5.10 Å². The zero-order valence-electron chi connectivity index (χ0n) is 46.7. The summed E-state index contributed by atoms with van der Waals surface area (Å²) < 4.78 is 20.8. The molecule has 1 saturated carbocycles. The predicted octanol–water partition coefficient (Wildman–Crippen LogP) is 4.86. The maximum Gasteiger partial charge on any atom is 0.272 e. The second kappa shape index (κ2) is 27.1. The van der Waals surface area contributed by atoms with Crippen LogP contribution in [0.3, 0.4) is 0 Å². The van der Waals surface area contributed by atoms with Crippen LogP contribution >= 0.6 is 0 Å². The van der Waals surface area contributed by atoms with Crippen LogP contribution in [0.5, 0.6) is 5.75 Å². The van der Waals surface area contributed by atoms with Crippen molar-refractivity contribution in [3.63, 3.8) is 0 Å². The van der Waals surface area contributed by atoms with Gasteiger partial charge in [0.1, 0.15) is 18.2 Å². The molecule has 5 fully saturated rings. The number of hydrogen-bond donors (Lipinski definition) is 3. The Morgan fingerprint density at radius 2 is 1.49 bits per heavy atom. The molecule has 4 aliphatic heterocycles. The molecule has 3 aromatic carbocycles. The van der Waals surface area contributed by atoms with Crippen LogP contribution < -0.4 is 20.9 Å². The van der Waals surface area contributed by atoms with Crippen LogP contribution in [0, 0.1) is 17.7 Å². The van der Waals surface area contributed by atoms with Crippen molar-refractivity contribution in [2.24, 2.45) is 11.8 Å². The summed E-state index contributed by atoms with van der Waals surface area (Å²) in [5.74, 6) is 0.0320. The van der Waals surface area contributed by atoms with Gasteiger partial charge in [-0.05, 0) is 112 Å². The van der Waals surface area contributed by atoms with Crippen LogP contribution in [-0.4, -0.2) is 190 Å². The molecule has 10 rings (SSSR count). The van der Waals surface area contributed by atoms with E-state index in [-0.39, 0.29) is 53.1 Å². The number of H-pyrrole nitrogens is 1. The summed E-state index contributed by atoms with van der Waals surface area (Å²) in [6.45, 7) is 11.2. The maximum atomic E-state index is 15.2. The number of amides is 5. The van der Waals surface area contributed by atoms with E-state index in [1.165, 1.54) is 12.4 Å². The summed E-state index contributed by atoms with van der Waals surface area (Å²) in [6.07, 6.45) is 12.2. The summed E-state index contributed by atoms with van der Waals surface area (Å²) >= 11 is 0. The van der Waals surface area contributed by atoms with Gasteiger partial charge in [-0.15, -0.1) is 0 Å². The number of ether oxygens (including phenoxy) is 1. The maximum absolute atomic E-state index is 15.2. The van der Waals surface area contributed by atoms with E-state index in [0.29, 0.717) is 123 Å². The van der Waals surface area contributed by atoms with Gasteiger partial charge in [-0.25, -0.2) is 19.5 Å². The van der Waals surface area contributed by atoms with Gasteiger partial charge in [0, 0.05) is 102 Å². The zero-order chi connectivity index (χ0) is 56.2. The number of aromatic amines is 1. The van der Waals surface area contributed by atoms with E-state index in [1.54, 1.807) is 40.3 Å². The molecule has 81 heavy (non-hydrogen) atoms. The number of rotatable bonds is 18. The normalized spacial score (nSPS) is 19.4. The third-order valence-electron chi connectivity index (χ3n) is 17.3. The Balaban J connectivity index is 0.650. The fourth-order valence-electron chi connectivity index (χ4n) is 12.6. The highest BCUT2D eigenvalue weighted by molar-refractivity contribution is 5.98. The van der Waals surface area contributed by atoms with Crippen molar-refractivity contribution in [2.75, 3.05) is 105 Å². The van der Waals surface area contributed by atoms with E-state index in [1.807, 2.05) is 53.1 Å². The molecule has 430 valence electrons. The van der Waals surface area contributed by atoms with Crippen molar-refractivity contribution in [3.05, 3.63) is 129 Å². The second-order valence-corrected chi connectivity index (χ2v) is 22.6. The average molecular weight is 1110 g/mol. The lowest BCUT2D eigenvalue weighted by molar-refractivity contribution is -0.137. The number of piperazine rings is 2. The molecule has 2 aromatic heterocycles. The van der Waals surface area contributed by atoms with Gasteiger partial charge in [-0.1, -0.05) is 55.7 Å². The van der Waals surface area contributed by atoms with Gasteiger partial charge >= 0.3 is 0 Å². The van der Waals surface area contributed by atoms with Crippen molar-refractivity contribution in [2.45, 2.75) is 89.6 Å². The lowest BCUT2D eigenvalue weighted by Crippen LogP contribution is -2.57. The minimum Gasteiger partial charge on any atom is -0.490 e. The Morgan fingerprint density at radius 1 is 0.741 bits per heavy atom. The molecule has 2 atom stereocenters. The highest BCUT2D eigenvalue weighted by atomic mass is 19.1. The average Bonchev–Trinajstić information content (AvgIpc) is 3.58. The first-order valence-electron chi connectivity index (χ1n) is 29.3. The lowest BCUT2D eigenvalue weighted by atomic mass is 9.83. The number of halogens is 1. The van der Waals surface area contributed by atoms with E-state index in [2.05, 4.69) is 40.6 Å². The first-order chi connectivity index (χ1) is 39.5. The molecular formula is C61H77FN12O7. The Kier molecular flexibility index (Phi) is 19.1. The third kappa shape index (κ3) is 14.3. The number of carbonyl (C=O) groups is 5. The molecule has 3 N–H and O–H groups in total. The smallest absolute Gasteiger partial charge is 0.272 e. The Morgan fingerprint density at radius 3 is 2.27 bits per heavy atom. The number of piperidine rings is 2. The van der Waals surface area contributed by atoms with Crippen LogP contribution in [-0.2, 0) is 27.3 Å². The molecular weight excluding hydrogens is 1030 g/mol. The van der Waals surface area contributed by atoms with Gasteiger partial charge in [0.05, 0.1) is 48.2 Å². The monoisotopic (exact) mass is 1110 g/mol. The summed E-state index contributed by atoms with van der Waals surface area (Å²) in [7, 11) is 0. The van der Waals surface area contributed by atoms with Crippen molar-refractivity contribution in [1.29, 1.82) is 0 Å². The predicted molar refractivity (Wildman–Crippen MR) is 304 cm³/mol. The number of hydrogen-bond acceptors (Lipinski definition) is 13. The first-order valence-corrected chi connectivity index (χ1v) is 29.3. The summed E-state index contributed by atoms with van der Waals surface area (Å²) in [4.78, 5) is 102. The van der Waals surface area contributed by atoms with Gasteiger partial charge in [-0.3, -0.25) is 38.6 Å². The molecule has 0 unspecified atom stereocenters. The second-order valence-electron chi connectivity index (χ2n) is 22.6. The molecule has 0 spiro atoms. The number of carbonyl (C=O) groups excluding carboxylic acids is 5. The topological polar surface area (TPSA) is 210 Å². The number of aromatic nitrogens is 4. The van der Waals surface area contributed by atoms with E-state index < -0.39 is 17.8 Å². The van der Waals surface area contributed by atoms with Crippen molar-refractivity contribution >= 4 is 40.3 Å². The molecule has 6 heterocycles. The van der Waals surface area contributed by atoms with Crippen molar-refractivity contribution in [3.8, 4) is 5.75 Å². The number of nitrogens with one attached hydrogen (secondary N) is 3. The van der Waals surface area contributed by atoms with Gasteiger partial charge in [0.25, 0.3) is 17.4 Å². The Hall–Kier alpha value is -7.16. The molecule has 20 heteroatoms. The highest BCUT2D eigenvalue weighted by Gasteiger charge is 2.37. The number of likely N-dealkylation sites (tertiary alicyclic amines) is 2. The molecule has 0 bridgehead atoms. The third-order valence-corrected chi connectivity index (χ3v) is 17.3. The van der Waals surface area contributed by atoms with Gasteiger partial charge in [0.15, 0.2) is 5.75 Å². The number of nitrogens with zero attached hydrogens (tertiary/aromatic N) is 9. The van der Waals surface area contributed by atoms with Crippen molar-refractivity contribution in [1.82, 2.24) is 60.2 Å². The lowest BCUT2D eigenvalue weighted by Gasteiger charge is -2.41. The van der Waals surface area contributed by atoms with Gasteiger partial charge in [0.2, 0.25) is 17.7 Å². The summed E-state index contributed by atoms with van der Waals surface area (Å²) in [6, 6.07) is 18.8. The largest absolute Gasteiger partial charge is 0.490 e.